The molecule has 0 spiro atoms. The first-order chi connectivity index (χ1) is 8.19. The minimum atomic E-state index is -3.13. The lowest BCUT2D eigenvalue weighted by Gasteiger charge is -2.13. The van der Waals surface area contributed by atoms with Gasteiger partial charge in [0.1, 0.15) is 9.84 Å². The van der Waals surface area contributed by atoms with Crippen LogP contribution in [-0.4, -0.2) is 37.4 Å². The van der Waals surface area contributed by atoms with Gasteiger partial charge in [0.05, 0.1) is 16.3 Å². The molecule has 0 radical (unpaired) electrons. The first kappa shape index (κ1) is 14.9. The van der Waals surface area contributed by atoms with Gasteiger partial charge in [-0.25, -0.2) is 8.42 Å². The normalized spacial score (nSPS) is 13.1. The number of carbonyl (C=O) groups is 1. The zero-order chi connectivity index (χ0) is 13.9. The third-order valence-corrected chi connectivity index (χ3v) is 3.58. The summed E-state index contributed by atoms with van der Waals surface area (Å²) >= 11 is 5.92. The molecule has 5 nitrogen and oxygen atoms in total. The topological polar surface area (TPSA) is 76.1 Å². The molecular weight excluding hydrogens is 276 g/mol. The average molecular weight is 291 g/mol. The summed E-state index contributed by atoms with van der Waals surface area (Å²) in [6.45, 7) is 3.38. The number of aromatic nitrogens is 1. The molecule has 0 bridgehead atoms. The van der Waals surface area contributed by atoms with Crippen molar-refractivity contribution < 1.29 is 13.2 Å². The van der Waals surface area contributed by atoms with Gasteiger partial charge in [-0.15, -0.1) is 0 Å². The standard InChI is InChI=1S/C11H15ClN2O3S/c1-7-4-10(12)9(5-13-7)11(15)14-8(2)6-18(3,16)17/h4-5,8H,6H2,1-3H3,(H,14,15). The molecule has 7 heteroatoms. The van der Waals surface area contributed by atoms with E-state index in [4.69, 9.17) is 11.6 Å². The van der Waals surface area contributed by atoms with Crippen molar-refractivity contribution >= 4 is 27.3 Å². The summed E-state index contributed by atoms with van der Waals surface area (Å²) in [6.07, 6.45) is 2.50. The number of hydrogen-bond donors (Lipinski definition) is 1. The van der Waals surface area contributed by atoms with E-state index in [-0.39, 0.29) is 11.3 Å². The number of sulfone groups is 1. The maximum Gasteiger partial charge on any atom is 0.254 e. The zero-order valence-corrected chi connectivity index (χ0v) is 12.0. The molecule has 1 aromatic heterocycles. The van der Waals surface area contributed by atoms with Crippen molar-refractivity contribution in [3.05, 3.63) is 28.5 Å². The number of pyridine rings is 1. The summed E-state index contributed by atoms with van der Waals surface area (Å²) in [7, 11) is -3.13. The number of amides is 1. The van der Waals surface area contributed by atoms with Gasteiger partial charge in [-0.3, -0.25) is 9.78 Å². The maximum absolute atomic E-state index is 11.8. The van der Waals surface area contributed by atoms with Crippen LogP contribution in [0.2, 0.25) is 5.02 Å². The monoisotopic (exact) mass is 290 g/mol. The van der Waals surface area contributed by atoms with E-state index in [1.807, 2.05) is 0 Å². The first-order valence-corrected chi connectivity index (χ1v) is 7.73. The fourth-order valence-corrected chi connectivity index (χ4v) is 2.77. The molecule has 1 heterocycles. The second-order valence-corrected chi connectivity index (χ2v) is 6.86. The lowest BCUT2D eigenvalue weighted by atomic mass is 10.2. The van der Waals surface area contributed by atoms with E-state index in [1.54, 1.807) is 19.9 Å². The molecule has 1 atom stereocenters. The zero-order valence-electron chi connectivity index (χ0n) is 10.4. The van der Waals surface area contributed by atoms with E-state index in [2.05, 4.69) is 10.3 Å². The van der Waals surface area contributed by atoms with Gasteiger partial charge in [-0.1, -0.05) is 11.6 Å². The predicted molar refractivity (Wildman–Crippen MR) is 70.6 cm³/mol. The van der Waals surface area contributed by atoms with Gasteiger partial charge in [-0.2, -0.15) is 0 Å². The van der Waals surface area contributed by atoms with Gasteiger partial charge >= 0.3 is 0 Å². The number of aryl methyl sites for hydroxylation is 1. The predicted octanol–water partition coefficient (Wildman–Crippen LogP) is 1.21. The van der Waals surface area contributed by atoms with Crippen LogP contribution in [-0.2, 0) is 9.84 Å². The van der Waals surface area contributed by atoms with Crippen LogP contribution >= 0.6 is 11.6 Å². The highest BCUT2D eigenvalue weighted by molar-refractivity contribution is 7.90. The summed E-state index contributed by atoms with van der Waals surface area (Å²) in [5.74, 6) is -0.543. The van der Waals surface area contributed by atoms with Gasteiger partial charge in [0.15, 0.2) is 0 Å². The Kier molecular flexibility index (Phi) is 4.70. The van der Waals surface area contributed by atoms with E-state index < -0.39 is 21.8 Å². The fourth-order valence-electron chi connectivity index (χ4n) is 1.49. The van der Waals surface area contributed by atoms with Crippen molar-refractivity contribution in [2.45, 2.75) is 19.9 Å². The molecule has 0 aliphatic heterocycles. The SMILES string of the molecule is Cc1cc(Cl)c(C(=O)NC(C)CS(C)(=O)=O)cn1. The molecule has 0 saturated heterocycles. The van der Waals surface area contributed by atoms with E-state index >= 15 is 0 Å². The van der Waals surface area contributed by atoms with Crippen LogP contribution < -0.4 is 5.32 Å². The molecule has 0 fully saturated rings. The molecule has 18 heavy (non-hydrogen) atoms. The van der Waals surface area contributed by atoms with Crippen molar-refractivity contribution in [2.24, 2.45) is 0 Å². The smallest absolute Gasteiger partial charge is 0.254 e. The maximum atomic E-state index is 11.8. The number of nitrogens with one attached hydrogen (secondary N) is 1. The Morgan fingerprint density at radius 2 is 2.17 bits per heavy atom. The number of nitrogens with zero attached hydrogens (tertiary/aromatic N) is 1. The molecule has 1 amide bonds. The van der Waals surface area contributed by atoms with Crippen LogP contribution in [0.5, 0.6) is 0 Å². The van der Waals surface area contributed by atoms with Crippen LogP contribution in [0.4, 0.5) is 0 Å². The van der Waals surface area contributed by atoms with Crippen molar-refractivity contribution in [3.63, 3.8) is 0 Å². The Balaban J connectivity index is 2.77. The van der Waals surface area contributed by atoms with E-state index in [0.29, 0.717) is 10.7 Å². The van der Waals surface area contributed by atoms with Gasteiger partial charge in [0.25, 0.3) is 5.91 Å². The van der Waals surface area contributed by atoms with Crippen LogP contribution in [0, 0.1) is 6.92 Å². The summed E-state index contributed by atoms with van der Waals surface area (Å²) in [5.41, 5.74) is 0.948. The fraction of sp³-hybridized carbons (Fsp3) is 0.455. The van der Waals surface area contributed by atoms with Gasteiger partial charge in [-0.05, 0) is 19.9 Å². The summed E-state index contributed by atoms with van der Waals surface area (Å²) in [5, 5.41) is 2.87. The lowest BCUT2D eigenvalue weighted by Crippen LogP contribution is -2.37. The molecule has 1 unspecified atom stereocenters. The summed E-state index contributed by atoms with van der Waals surface area (Å²) < 4.78 is 22.2. The molecule has 100 valence electrons. The molecule has 0 saturated carbocycles. The highest BCUT2D eigenvalue weighted by Gasteiger charge is 2.16. The summed E-state index contributed by atoms with van der Waals surface area (Å²) in [4.78, 5) is 15.8. The van der Waals surface area contributed by atoms with Crippen molar-refractivity contribution in [3.8, 4) is 0 Å². The van der Waals surface area contributed by atoms with E-state index in [1.165, 1.54) is 6.20 Å². The Labute approximate surface area is 111 Å². The van der Waals surface area contributed by atoms with Gasteiger partial charge in [0, 0.05) is 24.2 Å². The van der Waals surface area contributed by atoms with Crippen LogP contribution in [0.1, 0.15) is 23.0 Å². The molecule has 1 aromatic rings. The lowest BCUT2D eigenvalue weighted by molar-refractivity contribution is 0.0943. The minimum absolute atomic E-state index is 0.115. The van der Waals surface area contributed by atoms with Gasteiger partial charge < -0.3 is 5.32 Å². The first-order valence-electron chi connectivity index (χ1n) is 5.30. The highest BCUT2D eigenvalue weighted by atomic mass is 35.5. The third kappa shape index (κ3) is 4.62. The van der Waals surface area contributed by atoms with E-state index in [9.17, 15) is 13.2 Å². The third-order valence-electron chi connectivity index (χ3n) is 2.17. The Hall–Kier alpha value is -1.14. The van der Waals surface area contributed by atoms with Crippen LogP contribution in [0.3, 0.4) is 0 Å². The van der Waals surface area contributed by atoms with Gasteiger partial charge in [0.2, 0.25) is 0 Å². The number of rotatable bonds is 4. The van der Waals surface area contributed by atoms with Crippen molar-refractivity contribution in [1.29, 1.82) is 0 Å². The van der Waals surface area contributed by atoms with Crippen molar-refractivity contribution in [2.75, 3.05) is 12.0 Å². The number of hydrogen-bond acceptors (Lipinski definition) is 4. The average Bonchev–Trinajstić information content (AvgIpc) is 2.13. The second-order valence-electron chi connectivity index (χ2n) is 4.27. The number of carbonyl (C=O) groups excluding carboxylic acids is 1. The molecular formula is C11H15ClN2O3S. The van der Waals surface area contributed by atoms with Crippen LogP contribution in [0.25, 0.3) is 0 Å². The minimum Gasteiger partial charge on any atom is -0.348 e. The molecule has 0 aliphatic carbocycles. The molecule has 0 aromatic carbocycles. The van der Waals surface area contributed by atoms with E-state index in [0.717, 1.165) is 6.26 Å². The van der Waals surface area contributed by atoms with Crippen LogP contribution in [0.15, 0.2) is 12.3 Å². The quantitative estimate of drug-likeness (QED) is 0.904. The highest BCUT2D eigenvalue weighted by Crippen LogP contribution is 2.15. The largest absolute Gasteiger partial charge is 0.348 e. The van der Waals surface area contributed by atoms with Crippen molar-refractivity contribution in [1.82, 2.24) is 10.3 Å². The molecule has 0 aliphatic rings. The Morgan fingerprint density at radius 1 is 1.56 bits per heavy atom. The molecule has 1 rings (SSSR count). The Bertz CT molecular complexity index is 557. The summed E-state index contributed by atoms with van der Waals surface area (Å²) in [6, 6.07) is 1.10. The second kappa shape index (κ2) is 5.67. The molecule has 1 N–H and O–H groups in total. The number of halogens is 1. The Morgan fingerprint density at radius 3 is 2.67 bits per heavy atom.